The minimum Gasteiger partial charge on any atom is -0.760 e. The number of carbonyl (C=O) groups is 1. The van der Waals surface area contributed by atoms with Gasteiger partial charge < -0.3 is 9.29 Å². The van der Waals surface area contributed by atoms with Crippen LogP contribution < -0.4 is 0 Å². The molecule has 1 atom stereocenters. The molecule has 6 heteroatoms. The number of hydrogen-bond acceptors (Lipinski definition) is 4. The van der Waals surface area contributed by atoms with Gasteiger partial charge in [-0.2, -0.15) is 0 Å². The second-order valence-corrected chi connectivity index (χ2v) is 3.53. The lowest BCUT2D eigenvalue weighted by atomic mass is 10.3. The quantitative estimate of drug-likeness (QED) is 0.457. The monoisotopic (exact) mass is 208 g/mol. The Bertz CT molecular complexity index is 185. The van der Waals surface area contributed by atoms with Crippen LogP contribution >= 0.6 is 0 Å². The van der Waals surface area contributed by atoms with E-state index in [1.807, 2.05) is 0 Å². The Kier molecular flexibility index (Phi) is 6.75. The zero-order chi connectivity index (χ0) is 10.3. The fraction of sp³-hybridized carbons (Fsp3) is 0.857. The number of rotatable bonds is 6. The average molecular weight is 208 g/mol. The summed E-state index contributed by atoms with van der Waals surface area (Å²) in [6.07, 6.45) is 0.749. The van der Waals surface area contributed by atoms with E-state index in [-0.39, 0.29) is 12.4 Å². The predicted molar refractivity (Wildman–Crippen MR) is 47.4 cm³/mol. The Hall–Kier alpha value is -0.460. The van der Waals surface area contributed by atoms with Crippen molar-refractivity contribution in [1.29, 1.82) is 0 Å². The number of esters is 1. The maximum absolute atomic E-state index is 10.8. The third-order valence-electron chi connectivity index (χ3n) is 1.41. The molecule has 0 bridgehead atoms. The molecular formula is C7H14NO4S-. The van der Waals surface area contributed by atoms with Crippen molar-refractivity contribution in [2.75, 3.05) is 20.2 Å². The van der Waals surface area contributed by atoms with Crippen LogP contribution in [0.4, 0.5) is 0 Å². The van der Waals surface area contributed by atoms with E-state index in [9.17, 15) is 13.6 Å². The molecule has 0 heterocycles. The van der Waals surface area contributed by atoms with Gasteiger partial charge in [0.1, 0.15) is 0 Å². The molecule has 0 N–H and O–H groups in total. The molecule has 1 unspecified atom stereocenters. The summed E-state index contributed by atoms with van der Waals surface area (Å²) in [6, 6.07) is 0. The molecule has 0 aromatic heterocycles. The van der Waals surface area contributed by atoms with Gasteiger partial charge in [-0.25, -0.2) is 4.31 Å². The van der Waals surface area contributed by atoms with Crippen molar-refractivity contribution in [3.05, 3.63) is 0 Å². The molecule has 0 amide bonds. The summed E-state index contributed by atoms with van der Waals surface area (Å²) in [5, 5.41) is 0. The Balaban J connectivity index is 3.44. The molecule has 0 saturated heterocycles. The fourth-order valence-corrected chi connectivity index (χ4v) is 1.03. The van der Waals surface area contributed by atoms with Gasteiger partial charge >= 0.3 is 5.97 Å². The summed E-state index contributed by atoms with van der Waals surface area (Å²) in [6.45, 7) is 2.44. The lowest BCUT2D eigenvalue weighted by Gasteiger charge is -2.17. The van der Waals surface area contributed by atoms with Crippen LogP contribution in [0.1, 0.15) is 19.8 Å². The van der Waals surface area contributed by atoms with Crippen LogP contribution in [-0.2, 0) is 20.8 Å². The summed E-state index contributed by atoms with van der Waals surface area (Å²) in [4.78, 5) is 10.8. The first-order chi connectivity index (χ1) is 6.07. The van der Waals surface area contributed by atoms with Crippen molar-refractivity contribution < 1.29 is 18.3 Å². The Morgan fingerprint density at radius 1 is 1.62 bits per heavy atom. The van der Waals surface area contributed by atoms with Crippen molar-refractivity contribution >= 4 is 17.2 Å². The average Bonchev–Trinajstić information content (AvgIpc) is 2.04. The first-order valence-electron chi connectivity index (χ1n) is 4.04. The minimum atomic E-state index is -2.20. The molecule has 0 aliphatic rings. The van der Waals surface area contributed by atoms with Crippen molar-refractivity contribution in [2.45, 2.75) is 19.8 Å². The highest BCUT2D eigenvalue weighted by atomic mass is 32.2. The van der Waals surface area contributed by atoms with Crippen molar-refractivity contribution in [3.8, 4) is 0 Å². The lowest BCUT2D eigenvalue weighted by Crippen LogP contribution is -2.22. The predicted octanol–water partition coefficient (Wildman–Crippen LogP) is 0.0556. The van der Waals surface area contributed by atoms with E-state index in [4.69, 9.17) is 0 Å². The van der Waals surface area contributed by atoms with Gasteiger partial charge in [-0.05, 0) is 20.4 Å². The summed E-state index contributed by atoms with van der Waals surface area (Å²) < 4.78 is 26.4. The molecule has 78 valence electrons. The normalized spacial score (nSPS) is 12.9. The van der Waals surface area contributed by atoms with Gasteiger partial charge in [0.2, 0.25) is 0 Å². The number of hydrogen-bond donors (Lipinski definition) is 0. The van der Waals surface area contributed by atoms with Gasteiger partial charge in [0, 0.05) is 24.2 Å². The van der Waals surface area contributed by atoms with E-state index >= 15 is 0 Å². The third-order valence-corrected chi connectivity index (χ3v) is 2.11. The summed E-state index contributed by atoms with van der Waals surface area (Å²) >= 11 is -2.20. The van der Waals surface area contributed by atoms with Crippen LogP contribution in [0.5, 0.6) is 0 Å². The highest BCUT2D eigenvalue weighted by molar-refractivity contribution is 7.76. The van der Waals surface area contributed by atoms with Crippen LogP contribution in [0.2, 0.25) is 0 Å². The highest BCUT2D eigenvalue weighted by Crippen LogP contribution is 1.96. The van der Waals surface area contributed by atoms with Gasteiger partial charge in [-0.1, -0.05) is 0 Å². The summed E-state index contributed by atoms with van der Waals surface area (Å²) in [5.74, 6) is -0.285. The van der Waals surface area contributed by atoms with Crippen LogP contribution in [-0.4, -0.2) is 39.2 Å². The van der Waals surface area contributed by atoms with Crippen molar-refractivity contribution in [3.63, 3.8) is 0 Å². The fourth-order valence-electron chi connectivity index (χ4n) is 0.754. The van der Waals surface area contributed by atoms with Crippen molar-refractivity contribution in [1.82, 2.24) is 4.31 Å². The minimum absolute atomic E-state index is 0.259. The summed E-state index contributed by atoms with van der Waals surface area (Å²) in [5.41, 5.74) is 0. The van der Waals surface area contributed by atoms with Gasteiger partial charge in [-0.15, -0.1) is 0 Å². The number of carbonyl (C=O) groups excluding carboxylic acids is 1. The van der Waals surface area contributed by atoms with E-state index in [1.54, 1.807) is 6.92 Å². The molecule has 0 saturated carbocycles. The van der Waals surface area contributed by atoms with E-state index in [2.05, 4.69) is 4.74 Å². The third kappa shape index (κ3) is 6.68. The smallest absolute Gasteiger partial charge is 0.305 e. The molecule has 0 fully saturated rings. The first-order valence-corrected chi connectivity index (χ1v) is 5.07. The SMILES string of the molecule is CCOC(=O)CCCN(C)S(=O)[O-]. The molecular weight excluding hydrogens is 194 g/mol. The van der Waals surface area contributed by atoms with Gasteiger partial charge in [-0.3, -0.25) is 9.00 Å². The zero-order valence-corrected chi connectivity index (χ0v) is 8.63. The molecule has 0 aliphatic carbocycles. The maximum Gasteiger partial charge on any atom is 0.305 e. The van der Waals surface area contributed by atoms with Gasteiger partial charge in [0.25, 0.3) is 0 Å². The molecule has 5 nitrogen and oxygen atoms in total. The molecule has 0 aliphatic heterocycles. The topological polar surface area (TPSA) is 69.7 Å². The second kappa shape index (κ2) is 6.99. The van der Waals surface area contributed by atoms with Crippen LogP contribution in [0.15, 0.2) is 0 Å². The highest BCUT2D eigenvalue weighted by Gasteiger charge is 2.03. The molecule has 13 heavy (non-hydrogen) atoms. The van der Waals surface area contributed by atoms with E-state index in [0.29, 0.717) is 19.6 Å². The van der Waals surface area contributed by atoms with E-state index < -0.39 is 11.3 Å². The molecule has 0 aromatic rings. The van der Waals surface area contributed by atoms with Crippen LogP contribution in [0.25, 0.3) is 0 Å². The molecule has 0 rings (SSSR count). The maximum atomic E-state index is 10.8. The second-order valence-electron chi connectivity index (χ2n) is 2.48. The number of nitrogens with zero attached hydrogens (tertiary/aromatic N) is 1. The van der Waals surface area contributed by atoms with Crippen LogP contribution in [0.3, 0.4) is 0 Å². The van der Waals surface area contributed by atoms with Gasteiger partial charge in [0.15, 0.2) is 0 Å². The largest absolute Gasteiger partial charge is 0.760 e. The molecule has 0 radical (unpaired) electrons. The Labute approximate surface area is 80.5 Å². The van der Waals surface area contributed by atoms with Crippen LogP contribution in [0, 0.1) is 0 Å². The Morgan fingerprint density at radius 2 is 2.23 bits per heavy atom. The van der Waals surface area contributed by atoms with E-state index in [1.165, 1.54) is 7.05 Å². The van der Waals surface area contributed by atoms with Gasteiger partial charge in [0.05, 0.1) is 6.61 Å². The summed E-state index contributed by atoms with van der Waals surface area (Å²) in [7, 11) is 1.45. The first kappa shape index (κ1) is 12.5. The standard InChI is InChI=1S/C7H15NO4S/c1-3-12-7(9)5-4-6-8(2)13(10)11/h3-6H2,1-2H3,(H,10,11)/p-1. The molecule has 0 aromatic carbocycles. The zero-order valence-electron chi connectivity index (χ0n) is 7.82. The van der Waals surface area contributed by atoms with E-state index in [0.717, 1.165) is 4.31 Å². The van der Waals surface area contributed by atoms with Crippen molar-refractivity contribution in [2.24, 2.45) is 0 Å². The molecule has 0 spiro atoms. The number of ether oxygens (including phenoxy) is 1. The lowest BCUT2D eigenvalue weighted by molar-refractivity contribution is -0.143. The Morgan fingerprint density at radius 3 is 2.69 bits per heavy atom.